The van der Waals surface area contributed by atoms with Gasteiger partial charge in [0.1, 0.15) is 5.41 Å². The van der Waals surface area contributed by atoms with Gasteiger partial charge in [-0.05, 0) is 19.8 Å². The Hall–Kier alpha value is -1.63. The maximum absolute atomic E-state index is 12.9. The third-order valence-electron chi connectivity index (χ3n) is 4.13. The zero-order valence-corrected chi connectivity index (χ0v) is 13.3. The number of carbonyl (C=O) groups excluding carboxylic acids is 1. The van der Waals surface area contributed by atoms with Crippen molar-refractivity contribution in [1.29, 1.82) is 0 Å². The van der Waals surface area contributed by atoms with E-state index in [0.29, 0.717) is 19.4 Å². The van der Waals surface area contributed by atoms with Crippen molar-refractivity contribution < 1.29 is 10.0 Å². The zero-order chi connectivity index (χ0) is 15.5. The van der Waals surface area contributed by atoms with Gasteiger partial charge in [0.05, 0.1) is 17.2 Å². The van der Waals surface area contributed by atoms with Gasteiger partial charge < -0.3 is 15.8 Å². The second-order valence-electron chi connectivity index (χ2n) is 5.65. The number of nitrogens with zero attached hydrogens (tertiary/aromatic N) is 3. The van der Waals surface area contributed by atoms with Crippen LogP contribution in [0.15, 0.2) is 10.5 Å². The van der Waals surface area contributed by atoms with Crippen LogP contribution in [0.2, 0.25) is 0 Å². The Kier molecular flexibility index (Phi) is 4.82. The molecule has 0 spiro atoms. The van der Waals surface area contributed by atoms with Crippen molar-refractivity contribution in [3.8, 4) is 0 Å². The van der Waals surface area contributed by atoms with Crippen LogP contribution in [0.25, 0.3) is 0 Å². The zero-order valence-electron chi connectivity index (χ0n) is 12.5. The van der Waals surface area contributed by atoms with Crippen LogP contribution < -0.4 is 5.73 Å². The Morgan fingerprint density at radius 3 is 2.71 bits per heavy atom. The summed E-state index contributed by atoms with van der Waals surface area (Å²) < 4.78 is 0. The van der Waals surface area contributed by atoms with Gasteiger partial charge in [0.15, 0.2) is 5.84 Å². The predicted molar refractivity (Wildman–Crippen MR) is 82.3 cm³/mol. The van der Waals surface area contributed by atoms with E-state index in [9.17, 15) is 4.79 Å². The highest BCUT2D eigenvalue weighted by Gasteiger charge is 2.45. The monoisotopic (exact) mass is 310 g/mol. The Labute approximate surface area is 128 Å². The van der Waals surface area contributed by atoms with Crippen molar-refractivity contribution in [3.05, 3.63) is 16.1 Å². The van der Waals surface area contributed by atoms with Crippen molar-refractivity contribution in [2.75, 3.05) is 7.05 Å². The van der Waals surface area contributed by atoms with Crippen LogP contribution in [-0.2, 0) is 11.3 Å². The van der Waals surface area contributed by atoms with E-state index in [1.165, 1.54) is 0 Å². The molecule has 1 aliphatic carbocycles. The molecule has 1 amide bonds. The average molecular weight is 310 g/mol. The molecule has 116 valence electrons. The fraction of sp³-hybridized carbons (Fsp3) is 0.643. The summed E-state index contributed by atoms with van der Waals surface area (Å²) in [5.41, 5.74) is 5.88. The number of nitrogens with two attached hydrogens (primary N) is 1. The van der Waals surface area contributed by atoms with Crippen LogP contribution in [0.4, 0.5) is 0 Å². The molecular formula is C14H22N4O2S. The third-order valence-corrected chi connectivity index (χ3v) is 4.95. The van der Waals surface area contributed by atoms with Gasteiger partial charge in [-0.3, -0.25) is 4.79 Å². The van der Waals surface area contributed by atoms with Crippen LogP contribution in [0, 0.1) is 12.3 Å². The van der Waals surface area contributed by atoms with Gasteiger partial charge in [-0.25, -0.2) is 4.98 Å². The lowest BCUT2D eigenvalue weighted by Crippen LogP contribution is -2.51. The molecule has 0 radical (unpaired) electrons. The topological polar surface area (TPSA) is 91.8 Å². The standard InChI is InChI=1S/C14H22N4O2S/c1-10-16-11(9-21-10)8-18(2)13(19)14(12(15)17-20)6-4-3-5-7-14/h9,20H,3-8H2,1-2H3,(H2,15,17). The van der Waals surface area contributed by atoms with Crippen molar-refractivity contribution in [3.63, 3.8) is 0 Å². The molecule has 2 rings (SSSR count). The quantitative estimate of drug-likeness (QED) is 0.385. The van der Waals surface area contributed by atoms with Crippen LogP contribution in [0.5, 0.6) is 0 Å². The minimum absolute atomic E-state index is 0.0357. The number of aryl methyl sites for hydroxylation is 1. The van der Waals surface area contributed by atoms with Crippen LogP contribution in [0.1, 0.15) is 42.8 Å². The molecule has 21 heavy (non-hydrogen) atoms. The molecule has 1 aromatic rings. The predicted octanol–water partition coefficient (Wildman–Crippen LogP) is 2.11. The number of oxime groups is 1. The average Bonchev–Trinajstić information content (AvgIpc) is 2.91. The Morgan fingerprint density at radius 2 is 2.19 bits per heavy atom. The molecule has 1 saturated carbocycles. The summed E-state index contributed by atoms with van der Waals surface area (Å²) in [6, 6.07) is 0. The first-order valence-electron chi connectivity index (χ1n) is 7.14. The summed E-state index contributed by atoms with van der Waals surface area (Å²) in [6.07, 6.45) is 4.21. The van der Waals surface area contributed by atoms with E-state index in [4.69, 9.17) is 10.9 Å². The molecule has 1 fully saturated rings. The van der Waals surface area contributed by atoms with E-state index in [0.717, 1.165) is 30.0 Å². The number of hydrogen-bond donors (Lipinski definition) is 2. The molecule has 6 nitrogen and oxygen atoms in total. The first kappa shape index (κ1) is 15.8. The molecule has 0 saturated heterocycles. The molecule has 1 aromatic heterocycles. The minimum Gasteiger partial charge on any atom is -0.409 e. The third kappa shape index (κ3) is 3.18. The van der Waals surface area contributed by atoms with E-state index >= 15 is 0 Å². The highest BCUT2D eigenvalue weighted by atomic mass is 32.1. The number of amidine groups is 1. The number of rotatable bonds is 4. The van der Waals surface area contributed by atoms with E-state index in [-0.39, 0.29) is 11.7 Å². The van der Waals surface area contributed by atoms with Gasteiger partial charge in [-0.2, -0.15) is 0 Å². The normalized spacial score (nSPS) is 18.5. The lowest BCUT2D eigenvalue weighted by atomic mass is 9.72. The minimum atomic E-state index is -0.854. The van der Waals surface area contributed by atoms with Crippen molar-refractivity contribution >= 4 is 23.1 Å². The van der Waals surface area contributed by atoms with Crippen molar-refractivity contribution in [1.82, 2.24) is 9.88 Å². The van der Waals surface area contributed by atoms with Gasteiger partial charge in [0.25, 0.3) is 0 Å². The first-order valence-corrected chi connectivity index (χ1v) is 8.02. The second-order valence-corrected chi connectivity index (χ2v) is 6.71. The Bertz CT molecular complexity index is 535. The first-order chi connectivity index (χ1) is 9.99. The summed E-state index contributed by atoms with van der Waals surface area (Å²) in [4.78, 5) is 18.9. The van der Waals surface area contributed by atoms with Gasteiger partial charge in [0.2, 0.25) is 5.91 Å². The molecule has 0 aromatic carbocycles. The largest absolute Gasteiger partial charge is 0.409 e. The molecule has 1 aliphatic rings. The smallest absolute Gasteiger partial charge is 0.236 e. The van der Waals surface area contributed by atoms with E-state index < -0.39 is 5.41 Å². The summed E-state index contributed by atoms with van der Waals surface area (Å²) in [5.74, 6) is -0.0448. The Morgan fingerprint density at radius 1 is 1.52 bits per heavy atom. The number of aromatic nitrogens is 1. The number of hydrogen-bond acceptors (Lipinski definition) is 5. The van der Waals surface area contributed by atoms with E-state index in [2.05, 4.69) is 10.1 Å². The van der Waals surface area contributed by atoms with Crippen LogP contribution in [0.3, 0.4) is 0 Å². The number of amides is 1. The maximum atomic E-state index is 12.9. The number of carbonyl (C=O) groups is 1. The lowest BCUT2D eigenvalue weighted by Gasteiger charge is -2.37. The molecule has 0 unspecified atom stereocenters. The molecule has 0 atom stereocenters. The second kappa shape index (κ2) is 6.43. The molecule has 1 heterocycles. The summed E-state index contributed by atoms with van der Waals surface area (Å²) in [6.45, 7) is 2.39. The molecule has 7 heteroatoms. The fourth-order valence-electron chi connectivity index (χ4n) is 2.99. The SMILES string of the molecule is Cc1nc(CN(C)C(=O)C2(C(N)=NO)CCCCC2)cs1. The van der Waals surface area contributed by atoms with Gasteiger partial charge in [-0.15, -0.1) is 11.3 Å². The summed E-state index contributed by atoms with van der Waals surface area (Å²) >= 11 is 1.57. The highest BCUT2D eigenvalue weighted by molar-refractivity contribution is 7.09. The van der Waals surface area contributed by atoms with Crippen molar-refractivity contribution in [2.24, 2.45) is 16.3 Å². The highest BCUT2D eigenvalue weighted by Crippen LogP contribution is 2.38. The summed E-state index contributed by atoms with van der Waals surface area (Å²) in [5, 5.41) is 15.1. The summed E-state index contributed by atoms with van der Waals surface area (Å²) in [7, 11) is 1.75. The van der Waals surface area contributed by atoms with Gasteiger partial charge >= 0.3 is 0 Å². The van der Waals surface area contributed by atoms with Crippen LogP contribution in [-0.4, -0.2) is 33.9 Å². The molecule has 3 N–H and O–H groups in total. The van der Waals surface area contributed by atoms with Gasteiger partial charge in [-0.1, -0.05) is 24.4 Å². The molecule has 0 bridgehead atoms. The van der Waals surface area contributed by atoms with Gasteiger partial charge in [0, 0.05) is 12.4 Å². The lowest BCUT2D eigenvalue weighted by molar-refractivity contribution is -0.139. The van der Waals surface area contributed by atoms with E-state index in [1.54, 1.807) is 23.3 Å². The Balaban J connectivity index is 2.17. The molecular weight excluding hydrogens is 288 g/mol. The molecule has 0 aliphatic heterocycles. The van der Waals surface area contributed by atoms with Crippen molar-refractivity contribution in [2.45, 2.75) is 45.6 Å². The maximum Gasteiger partial charge on any atom is 0.236 e. The number of thiazole rings is 1. The fourth-order valence-corrected chi connectivity index (χ4v) is 3.60. The van der Waals surface area contributed by atoms with E-state index in [1.807, 2.05) is 12.3 Å². The van der Waals surface area contributed by atoms with Crippen LogP contribution >= 0.6 is 11.3 Å².